The maximum atomic E-state index is 12.1. The predicted octanol–water partition coefficient (Wildman–Crippen LogP) is 3.10. The summed E-state index contributed by atoms with van der Waals surface area (Å²) in [5, 5.41) is 7.46. The molecular formula is C14H13N3O4S. The van der Waals surface area contributed by atoms with E-state index in [9.17, 15) is 4.79 Å². The Hall–Kier alpha value is -2.61. The van der Waals surface area contributed by atoms with Gasteiger partial charge in [-0.25, -0.2) is 4.79 Å². The van der Waals surface area contributed by atoms with Crippen LogP contribution in [-0.2, 0) is 11.3 Å². The summed E-state index contributed by atoms with van der Waals surface area (Å²) in [5.41, 5.74) is 1.59. The second kappa shape index (κ2) is 6.02. The van der Waals surface area contributed by atoms with Crippen LogP contribution >= 0.6 is 11.5 Å². The highest BCUT2D eigenvalue weighted by Crippen LogP contribution is 2.25. The number of nitrogens with zero attached hydrogens (tertiary/aromatic N) is 2. The minimum absolute atomic E-state index is 0.0154. The van der Waals surface area contributed by atoms with Gasteiger partial charge in [0.05, 0.1) is 12.0 Å². The summed E-state index contributed by atoms with van der Waals surface area (Å²) in [6, 6.07) is 5.18. The summed E-state index contributed by atoms with van der Waals surface area (Å²) in [7, 11) is 1.73. The predicted molar refractivity (Wildman–Crippen MR) is 79.7 cm³/mol. The third-order valence-electron chi connectivity index (χ3n) is 2.97. The van der Waals surface area contributed by atoms with Crippen LogP contribution in [0.3, 0.4) is 0 Å². The maximum Gasteiger partial charge on any atom is 0.343 e. The SMILES string of the molecule is CNc1snc(C)c1C(=O)OCc1cc(-c2ccco2)on1. The lowest BCUT2D eigenvalue weighted by Crippen LogP contribution is -2.08. The molecule has 0 aliphatic carbocycles. The average molecular weight is 319 g/mol. The van der Waals surface area contributed by atoms with Crippen LogP contribution in [0, 0.1) is 6.92 Å². The van der Waals surface area contributed by atoms with Gasteiger partial charge in [0.25, 0.3) is 0 Å². The number of carbonyl (C=O) groups excluding carboxylic acids is 1. The molecule has 7 nitrogen and oxygen atoms in total. The second-order valence-corrected chi connectivity index (χ2v) is 5.23. The van der Waals surface area contributed by atoms with Crippen LogP contribution < -0.4 is 5.32 Å². The van der Waals surface area contributed by atoms with Crippen molar-refractivity contribution in [3.05, 3.63) is 41.4 Å². The number of rotatable bonds is 5. The van der Waals surface area contributed by atoms with Crippen molar-refractivity contribution < 1.29 is 18.5 Å². The molecule has 0 aliphatic rings. The van der Waals surface area contributed by atoms with Crippen molar-refractivity contribution in [2.75, 3.05) is 12.4 Å². The number of anilines is 1. The number of hydrogen-bond donors (Lipinski definition) is 1. The first kappa shape index (κ1) is 14.3. The minimum atomic E-state index is -0.446. The van der Waals surface area contributed by atoms with Crippen LogP contribution in [-0.4, -0.2) is 22.5 Å². The molecule has 3 aromatic heterocycles. The molecule has 3 aromatic rings. The molecule has 0 fully saturated rings. The molecule has 0 aromatic carbocycles. The van der Waals surface area contributed by atoms with Gasteiger partial charge < -0.3 is 19.0 Å². The number of nitrogens with one attached hydrogen (secondary N) is 1. The number of esters is 1. The van der Waals surface area contributed by atoms with E-state index >= 15 is 0 Å². The van der Waals surface area contributed by atoms with Crippen molar-refractivity contribution in [2.24, 2.45) is 0 Å². The lowest BCUT2D eigenvalue weighted by molar-refractivity contribution is 0.0465. The zero-order valence-electron chi connectivity index (χ0n) is 12.0. The van der Waals surface area contributed by atoms with Crippen LogP contribution in [0.4, 0.5) is 5.00 Å². The van der Waals surface area contributed by atoms with E-state index in [4.69, 9.17) is 13.7 Å². The Morgan fingerprint density at radius 2 is 2.32 bits per heavy atom. The minimum Gasteiger partial charge on any atom is -0.461 e. The van der Waals surface area contributed by atoms with E-state index in [1.54, 1.807) is 38.4 Å². The van der Waals surface area contributed by atoms with Crippen molar-refractivity contribution in [3.63, 3.8) is 0 Å². The molecule has 0 spiro atoms. The third kappa shape index (κ3) is 2.73. The van der Waals surface area contributed by atoms with Crippen molar-refractivity contribution >= 4 is 22.5 Å². The molecule has 3 heterocycles. The fraction of sp³-hybridized carbons (Fsp3) is 0.214. The molecule has 0 atom stereocenters. The normalized spacial score (nSPS) is 10.6. The van der Waals surface area contributed by atoms with E-state index in [0.717, 1.165) is 0 Å². The van der Waals surface area contributed by atoms with Gasteiger partial charge in [-0.2, -0.15) is 4.37 Å². The Labute approximate surface area is 130 Å². The van der Waals surface area contributed by atoms with Crippen LogP contribution in [0.25, 0.3) is 11.5 Å². The van der Waals surface area contributed by atoms with Gasteiger partial charge in [0.15, 0.2) is 5.76 Å². The maximum absolute atomic E-state index is 12.1. The molecule has 1 N–H and O–H groups in total. The topological polar surface area (TPSA) is 90.4 Å². The van der Waals surface area contributed by atoms with Gasteiger partial charge >= 0.3 is 5.97 Å². The van der Waals surface area contributed by atoms with Crippen molar-refractivity contribution in [2.45, 2.75) is 13.5 Å². The first-order chi connectivity index (χ1) is 10.7. The van der Waals surface area contributed by atoms with Crippen LogP contribution in [0.2, 0.25) is 0 Å². The monoisotopic (exact) mass is 319 g/mol. The Balaban J connectivity index is 1.68. The van der Waals surface area contributed by atoms with E-state index in [1.807, 2.05) is 0 Å². The number of aryl methyl sites for hydroxylation is 1. The fourth-order valence-electron chi connectivity index (χ4n) is 1.91. The zero-order chi connectivity index (χ0) is 15.5. The molecule has 0 amide bonds. The molecule has 0 radical (unpaired) electrons. The quantitative estimate of drug-likeness (QED) is 0.722. The number of carbonyl (C=O) groups is 1. The van der Waals surface area contributed by atoms with Crippen LogP contribution in [0.1, 0.15) is 21.7 Å². The summed E-state index contributed by atoms with van der Waals surface area (Å²) in [6.07, 6.45) is 1.54. The number of aromatic nitrogens is 2. The van der Waals surface area contributed by atoms with E-state index in [2.05, 4.69) is 14.8 Å². The second-order valence-electron chi connectivity index (χ2n) is 4.46. The Morgan fingerprint density at radius 1 is 1.45 bits per heavy atom. The van der Waals surface area contributed by atoms with Crippen LogP contribution in [0.5, 0.6) is 0 Å². The first-order valence-electron chi connectivity index (χ1n) is 6.49. The third-order valence-corrected chi connectivity index (χ3v) is 3.92. The molecule has 0 saturated carbocycles. The molecule has 8 heteroatoms. The molecule has 0 aliphatic heterocycles. The largest absolute Gasteiger partial charge is 0.461 e. The van der Waals surface area contributed by atoms with Gasteiger partial charge in [0.2, 0.25) is 5.76 Å². The summed E-state index contributed by atoms with van der Waals surface area (Å²) in [5.74, 6) is 0.610. The van der Waals surface area contributed by atoms with Crippen molar-refractivity contribution in [1.82, 2.24) is 9.53 Å². The smallest absolute Gasteiger partial charge is 0.343 e. The fourth-order valence-corrected chi connectivity index (χ4v) is 2.64. The van der Waals surface area contributed by atoms with Crippen LogP contribution in [0.15, 0.2) is 33.4 Å². The molecule has 114 valence electrons. The molecule has 0 saturated heterocycles. The number of ether oxygens (including phenoxy) is 1. The van der Waals surface area contributed by atoms with Gasteiger partial charge in [0.1, 0.15) is 22.9 Å². The van der Waals surface area contributed by atoms with Gasteiger partial charge in [-0.15, -0.1) is 0 Å². The summed E-state index contributed by atoms with van der Waals surface area (Å²) in [6.45, 7) is 1.78. The summed E-state index contributed by atoms with van der Waals surface area (Å²) >= 11 is 1.22. The number of hydrogen-bond acceptors (Lipinski definition) is 8. The molecule has 22 heavy (non-hydrogen) atoms. The van der Waals surface area contributed by atoms with E-state index in [-0.39, 0.29) is 6.61 Å². The van der Waals surface area contributed by atoms with Crippen molar-refractivity contribution in [1.29, 1.82) is 0 Å². The standard InChI is InChI=1S/C14H13N3O4S/c1-8-12(13(15-2)22-17-8)14(18)20-7-9-6-11(21-16-9)10-4-3-5-19-10/h3-6,15H,7H2,1-2H3. The lowest BCUT2D eigenvalue weighted by atomic mass is 10.2. The number of furan rings is 1. The molecule has 3 rings (SSSR count). The van der Waals surface area contributed by atoms with Gasteiger partial charge in [-0.3, -0.25) is 0 Å². The van der Waals surface area contributed by atoms with Gasteiger partial charge in [-0.1, -0.05) is 5.16 Å². The molecule has 0 bridgehead atoms. The van der Waals surface area contributed by atoms with E-state index in [1.165, 1.54) is 11.5 Å². The summed E-state index contributed by atoms with van der Waals surface area (Å²) < 4.78 is 19.7. The lowest BCUT2D eigenvalue weighted by Gasteiger charge is -2.03. The highest BCUT2D eigenvalue weighted by atomic mass is 32.1. The zero-order valence-corrected chi connectivity index (χ0v) is 12.8. The van der Waals surface area contributed by atoms with Crippen molar-refractivity contribution in [3.8, 4) is 11.5 Å². The van der Waals surface area contributed by atoms with E-state index in [0.29, 0.717) is 33.5 Å². The molecule has 0 unspecified atom stereocenters. The van der Waals surface area contributed by atoms with Gasteiger partial charge in [0, 0.05) is 13.1 Å². The summed E-state index contributed by atoms with van der Waals surface area (Å²) in [4.78, 5) is 12.1. The Kier molecular flexibility index (Phi) is 3.92. The van der Waals surface area contributed by atoms with E-state index < -0.39 is 5.97 Å². The highest BCUT2D eigenvalue weighted by Gasteiger charge is 2.20. The van der Waals surface area contributed by atoms with Gasteiger partial charge in [-0.05, 0) is 30.6 Å². The average Bonchev–Trinajstić information content (AvgIpc) is 3.24. The Morgan fingerprint density at radius 3 is 3.05 bits per heavy atom. The Bertz CT molecular complexity index is 776. The molecular weight excluding hydrogens is 306 g/mol. The first-order valence-corrected chi connectivity index (χ1v) is 7.27. The highest BCUT2D eigenvalue weighted by molar-refractivity contribution is 7.10.